The Kier molecular flexibility index (Phi) is 4.93. The van der Waals surface area contributed by atoms with Crippen LogP contribution < -0.4 is 10.3 Å². The lowest BCUT2D eigenvalue weighted by Crippen LogP contribution is -2.18. The standard InChI is InChI=1S/C20H19FN2O2/c1-13-18(15-9-6-10-17(21)19(15)25-2)16(20(24)23-22-13)12-11-14-7-4-3-5-8-14/h3-10H,11-12H2,1-2H3,(H,23,24). The molecule has 1 N–H and O–H groups in total. The van der Waals surface area contributed by atoms with Gasteiger partial charge in [-0.15, -0.1) is 0 Å². The molecule has 0 saturated carbocycles. The number of H-pyrrole nitrogens is 1. The van der Waals surface area contributed by atoms with Crippen molar-refractivity contribution in [2.24, 2.45) is 0 Å². The van der Waals surface area contributed by atoms with Gasteiger partial charge in [0, 0.05) is 16.7 Å². The van der Waals surface area contributed by atoms with E-state index in [0.29, 0.717) is 35.2 Å². The highest BCUT2D eigenvalue weighted by Crippen LogP contribution is 2.35. The van der Waals surface area contributed by atoms with Crippen molar-refractivity contribution in [3.8, 4) is 16.9 Å². The number of aryl methyl sites for hydroxylation is 2. The summed E-state index contributed by atoms with van der Waals surface area (Å²) in [5.74, 6) is -0.340. The summed E-state index contributed by atoms with van der Waals surface area (Å²) in [5.41, 5.74) is 3.26. The molecule has 0 saturated heterocycles. The Bertz CT molecular complexity index is 936. The molecule has 0 amide bonds. The largest absolute Gasteiger partial charge is 0.493 e. The molecule has 0 spiro atoms. The van der Waals surface area contributed by atoms with Gasteiger partial charge in [0.15, 0.2) is 11.6 Å². The zero-order valence-corrected chi connectivity index (χ0v) is 14.2. The lowest BCUT2D eigenvalue weighted by Gasteiger charge is -2.15. The molecule has 4 nitrogen and oxygen atoms in total. The Morgan fingerprint density at radius 2 is 1.84 bits per heavy atom. The number of rotatable bonds is 5. The smallest absolute Gasteiger partial charge is 0.268 e. The number of halogens is 1. The number of aromatic amines is 1. The van der Waals surface area contributed by atoms with Crippen LogP contribution in [0.5, 0.6) is 5.75 Å². The molecule has 0 radical (unpaired) electrons. The Morgan fingerprint density at radius 3 is 2.56 bits per heavy atom. The second-order valence-corrected chi connectivity index (χ2v) is 5.80. The quantitative estimate of drug-likeness (QED) is 0.772. The number of nitrogens with one attached hydrogen (secondary N) is 1. The zero-order valence-electron chi connectivity index (χ0n) is 14.2. The highest BCUT2D eigenvalue weighted by atomic mass is 19.1. The maximum atomic E-state index is 14.1. The van der Waals surface area contributed by atoms with E-state index in [9.17, 15) is 9.18 Å². The number of aromatic nitrogens is 2. The van der Waals surface area contributed by atoms with E-state index in [0.717, 1.165) is 5.56 Å². The van der Waals surface area contributed by atoms with Crippen LogP contribution in [0.25, 0.3) is 11.1 Å². The summed E-state index contributed by atoms with van der Waals surface area (Å²) in [6.07, 6.45) is 1.23. The van der Waals surface area contributed by atoms with E-state index in [-0.39, 0.29) is 11.3 Å². The molecular weight excluding hydrogens is 319 g/mol. The number of methoxy groups -OCH3 is 1. The maximum absolute atomic E-state index is 14.1. The average Bonchev–Trinajstić information content (AvgIpc) is 2.63. The topological polar surface area (TPSA) is 55.0 Å². The van der Waals surface area contributed by atoms with Gasteiger partial charge in [-0.25, -0.2) is 9.49 Å². The predicted molar refractivity (Wildman–Crippen MR) is 95.4 cm³/mol. The Morgan fingerprint density at radius 1 is 1.08 bits per heavy atom. The van der Waals surface area contributed by atoms with Gasteiger partial charge in [0.2, 0.25) is 0 Å². The van der Waals surface area contributed by atoms with Crippen molar-refractivity contribution >= 4 is 0 Å². The molecule has 2 aromatic carbocycles. The van der Waals surface area contributed by atoms with Crippen molar-refractivity contribution in [3.05, 3.63) is 81.5 Å². The van der Waals surface area contributed by atoms with Crippen LogP contribution in [0.15, 0.2) is 53.3 Å². The summed E-state index contributed by atoms with van der Waals surface area (Å²) in [7, 11) is 1.42. The molecule has 3 aromatic rings. The minimum absolute atomic E-state index is 0.124. The fraction of sp³-hybridized carbons (Fsp3) is 0.200. The Balaban J connectivity index is 2.10. The molecule has 5 heteroatoms. The summed E-state index contributed by atoms with van der Waals surface area (Å²) in [6.45, 7) is 1.79. The average molecular weight is 338 g/mol. The lowest BCUT2D eigenvalue weighted by molar-refractivity contribution is 0.388. The number of nitrogens with zero attached hydrogens (tertiary/aromatic N) is 1. The minimum Gasteiger partial charge on any atom is -0.493 e. The van der Waals surface area contributed by atoms with Gasteiger partial charge < -0.3 is 4.74 Å². The molecule has 1 heterocycles. The fourth-order valence-corrected chi connectivity index (χ4v) is 3.01. The third kappa shape index (κ3) is 3.45. The molecule has 3 rings (SSSR count). The van der Waals surface area contributed by atoms with Crippen LogP contribution in [-0.4, -0.2) is 17.3 Å². The zero-order chi connectivity index (χ0) is 17.8. The van der Waals surface area contributed by atoms with E-state index in [1.807, 2.05) is 30.3 Å². The van der Waals surface area contributed by atoms with Crippen LogP contribution in [0.1, 0.15) is 16.8 Å². The first-order valence-corrected chi connectivity index (χ1v) is 8.06. The molecule has 0 atom stereocenters. The molecule has 0 aliphatic heterocycles. The second-order valence-electron chi connectivity index (χ2n) is 5.80. The second kappa shape index (κ2) is 7.30. The van der Waals surface area contributed by atoms with Gasteiger partial charge in [-0.1, -0.05) is 42.5 Å². The molecule has 25 heavy (non-hydrogen) atoms. The molecule has 0 aliphatic rings. The highest BCUT2D eigenvalue weighted by molar-refractivity contribution is 5.75. The fourth-order valence-electron chi connectivity index (χ4n) is 3.01. The van der Waals surface area contributed by atoms with Crippen LogP contribution in [0, 0.1) is 12.7 Å². The lowest BCUT2D eigenvalue weighted by atomic mass is 9.94. The van der Waals surface area contributed by atoms with E-state index in [4.69, 9.17) is 4.74 Å². The summed E-state index contributed by atoms with van der Waals surface area (Å²) in [4.78, 5) is 12.4. The Labute approximate surface area is 145 Å². The first-order chi connectivity index (χ1) is 12.1. The first kappa shape index (κ1) is 16.9. The molecule has 0 aliphatic carbocycles. The third-order valence-corrected chi connectivity index (χ3v) is 4.21. The summed E-state index contributed by atoms with van der Waals surface area (Å²) in [6, 6.07) is 14.6. The maximum Gasteiger partial charge on any atom is 0.268 e. The van der Waals surface area contributed by atoms with Crippen LogP contribution >= 0.6 is 0 Å². The number of ether oxygens (including phenoxy) is 1. The van der Waals surface area contributed by atoms with Crippen molar-refractivity contribution < 1.29 is 9.13 Å². The van der Waals surface area contributed by atoms with Crippen LogP contribution in [0.2, 0.25) is 0 Å². The van der Waals surface area contributed by atoms with E-state index in [2.05, 4.69) is 10.2 Å². The molecule has 0 bridgehead atoms. The van der Waals surface area contributed by atoms with Gasteiger partial charge in [0.25, 0.3) is 5.56 Å². The number of hydrogen-bond acceptors (Lipinski definition) is 3. The van der Waals surface area contributed by atoms with Gasteiger partial charge >= 0.3 is 0 Å². The van der Waals surface area contributed by atoms with Crippen LogP contribution in [-0.2, 0) is 12.8 Å². The van der Waals surface area contributed by atoms with Crippen molar-refractivity contribution in [3.63, 3.8) is 0 Å². The molecule has 1 aromatic heterocycles. The Hall–Kier alpha value is -2.95. The van der Waals surface area contributed by atoms with Gasteiger partial charge in [-0.05, 0) is 31.4 Å². The van der Waals surface area contributed by atoms with Gasteiger partial charge in [-0.3, -0.25) is 4.79 Å². The van der Waals surface area contributed by atoms with Crippen molar-refractivity contribution in [2.45, 2.75) is 19.8 Å². The third-order valence-electron chi connectivity index (χ3n) is 4.21. The predicted octanol–water partition coefficient (Wildman–Crippen LogP) is 3.68. The molecule has 0 unspecified atom stereocenters. The number of para-hydroxylation sites is 1. The first-order valence-electron chi connectivity index (χ1n) is 8.06. The summed E-state index contributed by atoms with van der Waals surface area (Å²) >= 11 is 0. The van der Waals surface area contributed by atoms with Gasteiger partial charge in [0.1, 0.15) is 0 Å². The number of hydrogen-bond donors (Lipinski definition) is 1. The van der Waals surface area contributed by atoms with Crippen molar-refractivity contribution in [2.75, 3.05) is 7.11 Å². The van der Waals surface area contributed by atoms with E-state index in [1.165, 1.54) is 13.2 Å². The summed E-state index contributed by atoms with van der Waals surface area (Å²) < 4.78 is 19.3. The molecule has 128 valence electrons. The van der Waals surface area contributed by atoms with Crippen LogP contribution in [0.4, 0.5) is 4.39 Å². The highest BCUT2D eigenvalue weighted by Gasteiger charge is 2.19. The SMILES string of the molecule is COc1c(F)cccc1-c1c(C)n[nH]c(=O)c1CCc1ccccc1. The summed E-state index contributed by atoms with van der Waals surface area (Å²) in [5, 5.41) is 6.59. The molecular formula is C20H19FN2O2. The van der Waals surface area contributed by atoms with Crippen LogP contribution in [0.3, 0.4) is 0 Å². The number of benzene rings is 2. The molecule has 0 fully saturated rings. The van der Waals surface area contributed by atoms with E-state index >= 15 is 0 Å². The monoisotopic (exact) mass is 338 g/mol. The van der Waals surface area contributed by atoms with E-state index < -0.39 is 5.82 Å². The van der Waals surface area contributed by atoms with Crippen molar-refractivity contribution in [1.82, 2.24) is 10.2 Å². The normalized spacial score (nSPS) is 10.7. The van der Waals surface area contributed by atoms with E-state index in [1.54, 1.807) is 19.1 Å². The van der Waals surface area contributed by atoms with Gasteiger partial charge in [-0.2, -0.15) is 5.10 Å². The van der Waals surface area contributed by atoms with Gasteiger partial charge in [0.05, 0.1) is 12.8 Å². The minimum atomic E-state index is -0.464. The van der Waals surface area contributed by atoms with Crippen molar-refractivity contribution in [1.29, 1.82) is 0 Å².